The largest absolute Gasteiger partial charge is 0.455 e. The summed E-state index contributed by atoms with van der Waals surface area (Å²) < 4.78 is 6.57. The van der Waals surface area contributed by atoms with Crippen LogP contribution in [0.15, 0.2) is 265 Å². The van der Waals surface area contributed by atoms with Gasteiger partial charge in [0.25, 0.3) is 0 Å². The van der Waals surface area contributed by atoms with Crippen molar-refractivity contribution in [3.63, 3.8) is 0 Å². The molecule has 322 valence electrons. The van der Waals surface area contributed by atoms with Gasteiger partial charge in [-0.2, -0.15) is 0 Å². The normalized spacial score (nSPS) is 12.8. The number of hydrogen-bond acceptors (Lipinski definition) is 2. The van der Waals surface area contributed by atoms with Gasteiger partial charge in [-0.05, 0) is 114 Å². The monoisotopic (exact) mass is 877 g/mol. The zero-order valence-corrected chi connectivity index (χ0v) is 37.7. The van der Waals surface area contributed by atoms with Crippen LogP contribution < -0.4 is 4.90 Å². The van der Waals surface area contributed by atoms with Gasteiger partial charge in [0.2, 0.25) is 0 Å². The number of benzene rings is 11. The maximum absolute atomic E-state index is 6.57. The van der Waals surface area contributed by atoms with Crippen LogP contribution in [0.25, 0.3) is 88.7 Å². The third-order valence-corrected chi connectivity index (χ3v) is 14.7. The molecule has 0 spiro atoms. The average molecular weight is 878 g/mol. The molecule has 0 bridgehead atoms. The minimum atomic E-state index is -0.548. The molecule has 2 nitrogen and oxygen atoms in total. The van der Waals surface area contributed by atoms with Crippen molar-refractivity contribution in [2.75, 3.05) is 4.90 Å². The summed E-state index contributed by atoms with van der Waals surface area (Å²) >= 11 is 0. The summed E-state index contributed by atoms with van der Waals surface area (Å²) in [6.45, 7) is 0. The zero-order chi connectivity index (χ0) is 45.5. The fourth-order valence-corrected chi connectivity index (χ4v) is 11.8. The highest BCUT2D eigenvalue weighted by Gasteiger charge is 2.47. The number of nitrogens with zero attached hydrogens (tertiary/aromatic N) is 1. The molecule has 1 heterocycles. The first-order chi connectivity index (χ1) is 34.3. The van der Waals surface area contributed by atoms with Crippen LogP contribution >= 0.6 is 0 Å². The molecule has 12 aromatic rings. The summed E-state index contributed by atoms with van der Waals surface area (Å²) in [6.07, 6.45) is 0. The average Bonchev–Trinajstić information content (AvgIpc) is 3.96. The Morgan fingerprint density at radius 3 is 1.41 bits per heavy atom. The molecule has 0 atom stereocenters. The lowest BCUT2D eigenvalue weighted by atomic mass is 9.68. The first-order valence-corrected chi connectivity index (χ1v) is 23.8. The van der Waals surface area contributed by atoms with Crippen molar-refractivity contribution in [2.24, 2.45) is 0 Å². The van der Waals surface area contributed by atoms with E-state index in [1.54, 1.807) is 0 Å². The molecule has 0 amide bonds. The second-order valence-corrected chi connectivity index (χ2v) is 18.3. The van der Waals surface area contributed by atoms with E-state index >= 15 is 0 Å². The van der Waals surface area contributed by atoms with Crippen molar-refractivity contribution in [3.05, 3.63) is 283 Å². The lowest BCUT2D eigenvalue weighted by molar-refractivity contribution is 0.670. The topological polar surface area (TPSA) is 16.4 Å². The number of para-hydroxylation sites is 2. The Bertz CT molecular complexity index is 3910. The van der Waals surface area contributed by atoms with Crippen LogP contribution in [0.2, 0.25) is 0 Å². The van der Waals surface area contributed by atoms with E-state index in [9.17, 15) is 0 Å². The van der Waals surface area contributed by atoms with Gasteiger partial charge in [-0.1, -0.05) is 224 Å². The summed E-state index contributed by atoms with van der Waals surface area (Å²) in [5, 5.41) is 2.25. The van der Waals surface area contributed by atoms with Crippen molar-refractivity contribution >= 4 is 39.0 Å². The Kier molecular flexibility index (Phi) is 8.84. The molecular formula is C67H43NO. The second-order valence-electron chi connectivity index (χ2n) is 18.3. The SMILES string of the molecule is c1ccc(C2(c3ccccc3)c3ccccc3-c3c(N(c4ccc(-c5cccc6c5oc5ccccc56)cc4)c4ccc5c(c4)-c4ccccc4-c4ccccc4-c4ccccc4-5)cccc32)cc1. The van der Waals surface area contributed by atoms with Crippen LogP contribution in [-0.4, -0.2) is 0 Å². The van der Waals surface area contributed by atoms with E-state index in [2.05, 4.69) is 260 Å². The Balaban J connectivity index is 1.04. The van der Waals surface area contributed by atoms with Crippen molar-refractivity contribution in [1.29, 1.82) is 0 Å². The molecule has 2 aliphatic rings. The maximum atomic E-state index is 6.57. The molecule has 0 saturated carbocycles. The van der Waals surface area contributed by atoms with E-state index in [0.29, 0.717) is 0 Å². The van der Waals surface area contributed by atoms with Gasteiger partial charge in [-0.25, -0.2) is 0 Å². The van der Waals surface area contributed by atoms with Gasteiger partial charge in [0, 0.05) is 33.3 Å². The smallest absolute Gasteiger partial charge is 0.143 e. The van der Waals surface area contributed by atoms with E-state index < -0.39 is 5.41 Å². The number of hydrogen-bond donors (Lipinski definition) is 0. The predicted octanol–water partition coefficient (Wildman–Crippen LogP) is 18.1. The summed E-state index contributed by atoms with van der Waals surface area (Å²) in [5.74, 6) is 0. The molecule has 0 N–H and O–H groups in total. The molecule has 0 saturated heterocycles. The van der Waals surface area contributed by atoms with Crippen LogP contribution in [0.5, 0.6) is 0 Å². The molecule has 11 aromatic carbocycles. The predicted molar refractivity (Wildman–Crippen MR) is 286 cm³/mol. The van der Waals surface area contributed by atoms with Gasteiger partial charge in [-0.3, -0.25) is 0 Å². The first kappa shape index (κ1) is 39.2. The van der Waals surface area contributed by atoms with E-state index in [-0.39, 0.29) is 0 Å². The Morgan fingerprint density at radius 1 is 0.304 bits per heavy atom. The van der Waals surface area contributed by atoms with Crippen molar-refractivity contribution in [3.8, 4) is 66.8 Å². The van der Waals surface area contributed by atoms with Crippen molar-refractivity contribution < 1.29 is 4.42 Å². The van der Waals surface area contributed by atoms with E-state index in [1.165, 1.54) is 77.9 Å². The summed E-state index contributed by atoms with van der Waals surface area (Å²) in [5.41, 5.74) is 23.9. The van der Waals surface area contributed by atoms with Crippen LogP contribution in [0.4, 0.5) is 17.1 Å². The van der Waals surface area contributed by atoms with Gasteiger partial charge in [0.15, 0.2) is 0 Å². The van der Waals surface area contributed by atoms with Crippen molar-refractivity contribution in [1.82, 2.24) is 0 Å². The highest BCUT2D eigenvalue weighted by Crippen LogP contribution is 2.60. The molecule has 2 heteroatoms. The lowest BCUT2D eigenvalue weighted by Gasteiger charge is -2.34. The summed E-state index contributed by atoms with van der Waals surface area (Å²) in [7, 11) is 0. The van der Waals surface area contributed by atoms with Crippen LogP contribution in [0.1, 0.15) is 22.3 Å². The Morgan fingerprint density at radius 2 is 0.768 bits per heavy atom. The van der Waals surface area contributed by atoms with Gasteiger partial charge in [0.1, 0.15) is 11.2 Å². The molecule has 0 aliphatic heterocycles. The zero-order valence-electron chi connectivity index (χ0n) is 37.7. The van der Waals surface area contributed by atoms with Crippen molar-refractivity contribution in [2.45, 2.75) is 5.41 Å². The van der Waals surface area contributed by atoms with Crippen LogP contribution in [0.3, 0.4) is 0 Å². The summed E-state index contributed by atoms with van der Waals surface area (Å²) in [6, 6.07) is 95.8. The molecule has 0 fully saturated rings. The maximum Gasteiger partial charge on any atom is 0.143 e. The fourth-order valence-electron chi connectivity index (χ4n) is 11.8. The van der Waals surface area contributed by atoms with E-state index in [4.69, 9.17) is 4.42 Å². The third kappa shape index (κ3) is 5.86. The molecule has 2 aliphatic carbocycles. The van der Waals surface area contributed by atoms with E-state index in [1.807, 2.05) is 6.07 Å². The second kappa shape index (κ2) is 15.6. The number of fused-ring (bicyclic) bond motifs is 14. The molecule has 0 radical (unpaired) electrons. The highest BCUT2D eigenvalue weighted by molar-refractivity contribution is 6.10. The lowest BCUT2D eigenvalue weighted by Crippen LogP contribution is -2.28. The minimum Gasteiger partial charge on any atom is -0.455 e. The fraction of sp³-hybridized carbons (Fsp3) is 0.0149. The van der Waals surface area contributed by atoms with E-state index in [0.717, 1.165) is 50.1 Å². The first-order valence-electron chi connectivity index (χ1n) is 23.8. The van der Waals surface area contributed by atoms with Gasteiger partial charge in [0.05, 0.1) is 11.1 Å². The minimum absolute atomic E-state index is 0.548. The molecule has 1 aromatic heterocycles. The quantitative estimate of drug-likeness (QED) is 0.165. The van der Waals surface area contributed by atoms with Gasteiger partial charge < -0.3 is 9.32 Å². The third-order valence-electron chi connectivity index (χ3n) is 14.7. The van der Waals surface area contributed by atoms with Gasteiger partial charge >= 0.3 is 0 Å². The number of anilines is 3. The standard InChI is InChI=1S/C67H43NO/c1-3-19-45(20-4-1)67(46-21-5-2-6-22-46)61-33-15-13-30-59(61)65-62(67)34-18-35-63(65)68(47-39-37-44(38-40-47)49-31-17-32-58-57-29-14-16-36-64(57)69-66(49)58)48-41-42-56-54-27-10-9-25-52(54)50-23-7-8-24-51(50)53-26-11-12-28-55(53)60(56)43-48/h1-43H. The molecular weight excluding hydrogens is 835 g/mol. The number of furan rings is 1. The molecule has 69 heavy (non-hydrogen) atoms. The highest BCUT2D eigenvalue weighted by atomic mass is 16.3. The van der Waals surface area contributed by atoms with Crippen LogP contribution in [0, 0.1) is 0 Å². The Hall–Kier alpha value is -8.98. The molecule has 14 rings (SSSR count). The molecule has 0 unspecified atom stereocenters. The Labute approximate surface area is 401 Å². The summed E-state index contributed by atoms with van der Waals surface area (Å²) in [4.78, 5) is 2.49. The van der Waals surface area contributed by atoms with Crippen LogP contribution in [-0.2, 0) is 5.41 Å². The van der Waals surface area contributed by atoms with Gasteiger partial charge in [-0.15, -0.1) is 0 Å². The number of rotatable bonds is 6.